The zero-order valence-electron chi connectivity index (χ0n) is 29.5. The summed E-state index contributed by atoms with van der Waals surface area (Å²) in [6.45, 7) is 15.2. The van der Waals surface area contributed by atoms with Crippen LogP contribution in [0.3, 0.4) is 0 Å². The fraction of sp³-hybridized carbons (Fsp3) is 0.389. The molecule has 6 nitrogen and oxygen atoms in total. The maximum Gasteiger partial charge on any atom is -1.00 e. The third-order valence-electron chi connectivity index (χ3n) is 9.93. The average molecular weight is 756 g/mol. The van der Waals surface area contributed by atoms with Crippen LogP contribution in [0.25, 0.3) is 0 Å². The molecule has 11 heteroatoms. The molecule has 0 atom stereocenters. The van der Waals surface area contributed by atoms with Crippen molar-refractivity contribution in [2.75, 3.05) is 42.7 Å². The Balaban J connectivity index is 0.00000368. The van der Waals surface area contributed by atoms with E-state index in [2.05, 4.69) is 105 Å². The van der Waals surface area contributed by atoms with Crippen LogP contribution in [0, 0.1) is 20.8 Å². The van der Waals surface area contributed by atoms with Crippen molar-refractivity contribution < 1.29 is 86.1 Å². The fourth-order valence-corrected chi connectivity index (χ4v) is 16.3. The predicted molar refractivity (Wildman–Crippen MR) is 177 cm³/mol. The second-order valence-corrected chi connectivity index (χ2v) is 17.2. The van der Waals surface area contributed by atoms with Gasteiger partial charge in [0.05, 0.1) is 0 Å². The Hall–Kier alpha value is -2.26. The minimum atomic E-state index is -3.38. The maximum absolute atomic E-state index is 6.39. The molecule has 0 radical (unpaired) electrons. The summed E-state index contributed by atoms with van der Waals surface area (Å²) in [5.41, 5.74) is 8.07. The molecule has 0 spiro atoms. The summed E-state index contributed by atoms with van der Waals surface area (Å²) >= 11 is 2.40. The number of ether oxygens (including phenoxy) is 6. The summed E-state index contributed by atoms with van der Waals surface area (Å²) in [6, 6.07) is 12.8. The van der Waals surface area contributed by atoms with Crippen molar-refractivity contribution in [2.24, 2.45) is 0 Å². The van der Waals surface area contributed by atoms with Crippen molar-refractivity contribution in [1.82, 2.24) is 0 Å². The van der Waals surface area contributed by atoms with Gasteiger partial charge in [-0.25, -0.2) is 0 Å². The SMILES string of the molecule is COc1ccc([Si](c2ccc(OC)c(C)c2OC)(c2ccc(OC)c(C)c2OC)[C]2([Ti+3])C(C)=C(C)C(C)=C2C)c(OC)c1C.[Cl-].[Cl-].[Cl-]. The molecule has 0 amide bonds. The van der Waals surface area contributed by atoms with Gasteiger partial charge in [-0.3, -0.25) is 0 Å². The molecule has 0 fully saturated rings. The first-order valence-corrected chi connectivity index (χ1v) is 17.4. The summed E-state index contributed by atoms with van der Waals surface area (Å²) in [5, 5.41) is 3.31. The first-order valence-electron chi connectivity index (χ1n) is 14.7. The monoisotopic (exact) mass is 754 g/mol. The van der Waals surface area contributed by atoms with Crippen LogP contribution in [0.1, 0.15) is 44.4 Å². The molecular weight excluding hydrogens is 711 g/mol. The molecule has 0 saturated heterocycles. The van der Waals surface area contributed by atoms with E-state index in [0.29, 0.717) is 0 Å². The van der Waals surface area contributed by atoms with Gasteiger partial charge in [0.2, 0.25) is 0 Å². The predicted octanol–water partition coefficient (Wildman–Crippen LogP) is -2.92. The van der Waals surface area contributed by atoms with E-state index in [0.717, 1.165) is 66.7 Å². The summed E-state index contributed by atoms with van der Waals surface area (Å²) in [4.78, 5) is 0. The summed E-state index contributed by atoms with van der Waals surface area (Å²) in [7, 11) is 6.95. The summed E-state index contributed by atoms with van der Waals surface area (Å²) in [6.07, 6.45) is 0. The van der Waals surface area contributed by atoms with Gasteiger partial charge < -0.3 is 37.2 Å². The van der Waals surface area contributed by atoms with E-state index in [1.165, 1.54) is 22.3 Å². The molecule has 0 bridgehead atoms. The summed E-state index contributed by atoms with van der Waals surface area (Å²) < 4.78 is 36.1. The molecule has 0 aliphatic heterocycles. The van der Waals surface area contributed by atoms with Crippen LogP contribution in [-0.2, 0) is 20.4 Å². The maximum atomic E-state index is 6.39. The Labute approximate surface area is 312 Å². The standard InChI is InChI=1S/C36H45O6Si.3ClH.Ti/c1-20-21(2)23(4)36(22(20)3)43(30-17-14-27(37-8)24(5)33(30)40-11,31-18-15-28(38-9)25(6)34(31)41-12)32-19-16-29(39-10)26(7)35(32)42-13;;;;/h14-19H,1-13H3;3*1H;/q;;;;+3/p-3. The first kappa shape index (κ1) is 42.8. The van der Waals surface area contributed by atoms with Gasteiger partial charge in [0, 0.05) is 0 Å². The second-order valence-electron chi connectivity index (χ2n) is 11.4. The molecule has 47 heavy (non-hydrogen) atoms. The molecule has 3 aromatic rings. The van der Waals surface area contributed by atoms with Gasteiger partial charge in [-0.1, -0.05) is 0 Å². The largest absolute Gasteiger partial charge is 1.00 e. The van der Waals surface area contributed by atoms with Gasteiger partial charge in [0.25, 0.3) is 0 Å². The van der Waals surface area contributed by atoms with E-state index in [1.807, 2.05) is 0 Å². The van der Waals surface area contributed by atoms with E-state index < -0.39 is 11.4 Å². The van der Waals surface area contributed by atoms with E-state index >= 15 is 0 Å². The van der Waals surface area contributed by atoms with E-state index in [4.69, 9.17) is 28.4 Å². The Morgan fingerprint density at radius 3 is 0.915 bits per heavy atom. The van der Waals surface area contributed by atoms with Gasteiger partial charge in [-0.15, -0.1) is 0 Å². The minimum absolute atomic E-state index is 0. The van der Waals surface area contributed by atoms with Crippen molar-refractivity contribution in [2.45, 2.75) is 51.8 Å². The van der Waals surface area contributed by atoms with Crippen LogP contribution in [0.2, 0.25) is 3.34 Å². The van der Waals surface area contributed by atoms with Crippen LogP contribution in [-0.4, -0.2) is 50.7 Å². The van der Waals surface area contributed by atoms with E-state index in [1.54, 1.807) is 42.7 Å². The Bertz CT molecular complexity index is 1510. The van der Waals surface area contributed by atoms with E-state index in [9.17, 15) is 0 Å². The average Bonchev–Trinajstić information content (AvgIpc) is 3.17. The third kappa shape index (κ3) is 6.10. The quantitative estimate of drug-likeness (QED) is 0.164. The Kier molecular flexibility index (Phi) is 14.9. The van der Waals surface area contributed by atoms with Gasteiger partial charge in [0.15, 0.2) is 0 Å². The van der Waals surface area contributed by atoms with Gasteiger partial charge in [0.1, 0.15) is 0 Å². The van der Waals surface area contributed by atoms with Crippen LogP contribution < -0.4 is 81.2 Å². The van der Waals surface area contributed by atoms with Crippen molar-refractivity contribution in [3.05, 3.63) is 75.4 Å². The van der Waals surface area contributed by atoms with Crippen LogP contribution in [0.15, 0.2) is 58.7 Å². The molecule has 0 saturated carbocycles. The Morgan fingerprint density at radius 2 is 0.702 bits per heavy atom. The van der Waals surface area contributed by atoms with Crippen molar-refractivity contribution in [1.29, 1.82) is 0 Å². The number of rotatable bonds is 10. The van der Waals surface area contributed by atoms with Crippen molar-refractivity contribution in [3.8, 4) is 34.5 Å². The number of allylic oxidation sites excluding steroid dienone is 4. The number of hydrogen-bond acceptors (Lipinski definition) is 6. The number of methoxy groups -OCH3 is 6. The molecule has 1 aliphatic rings. The second kappa shape index (κ2) is 16.4. The molecule has 254 valence electrons. The molecule has 0 N–H and O–H groups in total. The molecular formula is C36H45Cl3O6SiTi. The van der Waals surface area contributed by atoms with Gasteiger partial charge in [-0.2, -0.15) is 0 Å². The molecule has 4 rings (SSSR count). The third-order valence-corrected chi connectivity index (χ3v) is 18.3. The zero-order valence-corrected chi connectivity index (χ0v) is 34.4. The fourth-order valence-electron chi connectivity index (χ4n) is 7.37. The van der Waals surface area contributed by atoms with Crippen molar-refractivity contribution in [3.63, 3.8) is 0 Å². The summed E-state index contributed by atoms with van der Waals surface area (Å²) in [5.74, 6) is 4.71. The van der Waals surface area contributed by atoms with Crippen LogP contribution >= 0.6 is 0 Å². The molecule has 0 heterocycles. The van der Waals surface area contributed by atoms with E-state index in [-0.39, 0.29) is 37.2 Å². The number of hydrogen-bond donors (Lipinski definition) is 0. The van der Waals surface area contributed by atoms with Crippen LogP contribution in [0.5, 0.6) is 34.5 Å². The number of halogens is 3. The first-order chi connectivity index (χ1) is 20.9. The smallest absolute Gasteiger partial charge is 1.00 e. The van der Waals surface area contributed by atoms with Crippen molar-refractivity contribution >= 4 is 23.6 Å². The van der Waals surface area contributed by atoms with Gasteiger partial charge >= 0.3 is 277 Å². The minimum Gasteiger partial charge on any atom is -1.00 e. The zero-order chi connectivity index (χ0) is 32.7. The number of benzene rings is 3. The molecule has 3 aromatic carbocycles. The van der Waals surface area contributed by atoms with Crippen LogP contribution in [0.4, 0.5) is 0 Å². The van der Waals surface area contributed by atoms with Gasteiger partial charge in [-0.05, 0) is 0 Å². The normalized spacial score (nSPS) is 13.7. The topological polar surface area (TPSA) is 55.4 Å². The molecule has 1 aliphatic carbocycles. The molecule has 0 aromatic heterocycles. The molecule has 0 unspecified atom stereocenters. The Morgan fingerprint density at radius 1 is 0.447 bits per heavy atom.